The molecule has 1 aromatic heterocycles. The number of hydrogen-bond donors (Lipinski definition) is 1. The smallest absolute Gasteiger partial charge is 0.306 e. The van der Waals surface area contributed by atoms with Crippen LogP contribution in [0.2, 0.25) is 5.02 Å². The second kappa shape index (κ2) is 8.59. The molecule has 0 bridgehead atoms. The quantitative estimate of drug-likeness (QED) is 0.726. The Balaban J connectivity index is 2.43. The van der Waals surface area contributed by atoms with Crippen LogP contribution in [0.3, 0.4) is 0 Å². The normalized spacial score (nSPS) is 11.4. The van der Waals surface area contributed by atoms with Crippen LogP contribution in [0.25, 0.3) is 0 Å². The van der Waals surface area contributed by atoms with Crippen molar-refractivity contribution >= 4 is 36.2 Å². The van der Waals surface area contributed by atoms with Crippen molar-refractivity contribution < 1.29 is 18.4 Å². The van der Waals surface area contributed by atoms with E-state index in [0.29, 0.717) is 10.6 Å². The van der Waals surface area contributed by atoms with Crippen LogP contribution < -0.4 is 10.6 Å². The summed E-state index contributed by atoms with van der Waals surface area (Å²) in [5.74, 6) is -0.330. The molecular formula is C17H20ClN2O4P. The first-order valence-electron chi connectivity index (χ1n) is 7.83. The Labute approximate surface area is 152 Å². The molecule has 1 amide bonds. The first kappa shape index (κ1) is 19.6. The molecule has 0 saturated heterocycles. The summed E-state index contributed by atoms with van der Waals surface area (Å²) in [6.07, 6.45) is 1.56. The number of halogens is 1. The van der Waals surface area contributed by atoms with Crippen molar-refractivity contribution in [1.82, 2.24) is 4.98 Å². The Bertz CT molecular complexity index is 803. The number of carbonyl (C=O) groups excluding carboxylic acids is 1. The molecule has 25 heavy (non-hydrogen) atoms. The fourth-order valence-electron chi connectivity index (χ4n) is 2.20. The van der Waals surface area contributed by atoms with Crippen LogP contribution >= 0.6 is 19.2 Å². The Kier molecular flexibility index (Phi) is 6.73. The van der Waals surface area contributed by atoms with Gasteiger partial charge in [-0.1, -0.05) is 23.7 Å². The summed E-state index contributed by atoms with van der Waals surface area (Å²) in [4.78, 5) is 16.7. The van der Waals surface area contributed by atoms with E-state index in [1.54, 1.807) is 57.3 Å². The molecule has 0 radical (unpaired) electrons. The highest BCUT2D eigenvalue weighted by molar-refractivity contribution is 7.62. The summed E-state index contributed by atoms with van der Waals surface area (Å²) in [6.45, 7) is 5.64. The Morgan fingerprint density at radius 2 is 1.88 bits per heavy atom. The Hall–Kier alpha value is -1.72. The third-order valence-electron chi connectivity index (χ3n) is 3.25. The van der Waals surface area contributed by atoms with Crippen LogP contribution in [0.5, 0.6) is 0 Å². The number of rotatable bonds is 7. The van der Waals surface area contributed by atoms with Gasteiger partial charge in [0.15, 0.2) is 0 Å². The number of amides is 1. The van der Waals surface area contributed by atoms with Gasteiger partial charge < -0.3 is 14.4 Å². The summed E-state index contributed by atoms with van der Waals surface area (Å²) in [6, 6.07) is 8.28. The lowest BCUT2D eigenvalue weighted by Gasteiger charge is -2.20. The van der Waals surface area contributed by atoms with E-state index in [0.717, 1.165) is 5.56 Å². The lowest BCUT2D eigenvalue weighted by atomic mass is 10.2. The monoisotopic (exact) mass is 382 g/mol. The van der Waals surface area contributed by atoms with Crippen LogP contribution in [0, 0.1) is 6.92 Å². The van der Waals surface area contributed by atoms with Crippen LogP contribution in [-0.4, -0.2) is 24.1 Å². The van der Waals surface area contributed by atoms with E-state index in [2.05, 4.69) is 10.3 Å². The van der Waals surface area contributed by atoms with Gasteiger partial charge in [-0.15, -0.1) is 0 Å². The van der Waals surface area contributed by atoms with E-state index >= 15 is 0 Å². The lowest BCUT2D eigenvalue weighted by Crippen LogP contribution is -2.22. The average molecular weight is 383 g/mol. The van der Waals surface area contributed by atoms with Gasteiger partial charge in [0, 0.05) is 6.20 Å². The number of nitrogens with one attached hydrogen (secondary N) is 1. The van der Waals surface area contributed by atoms with Gasteiger partial charge in [0.25, 0.3) is 5.91 Å². The van der Waals surface area contributed by atoms with E-state index in [-0.39, 0.29) is 24.3 Å². The molecule has 0 fully saturated rings. The third-order valence-corrected chi connectivity index (χ3v) is 5.70. The standard InChI is InChI=1S/C17H20ClN2O4P/c1-4-23-25(22,24-5-2)15-10-12(3)11-19-16(15)20-17(21)13-8-6-7-9-14(13)18/h6-11H,4-5H2,1-3H3,(H,19,20,21). The number of aryl methyl sites for hydroxylation is 1. The fraction of sp³-hybridized carbons (Fsp3) is 0.294. The molecule has 0 unspecified atom stereocenters. The summed E-state index contributed by atoms with van der Waals surface area (Å²) >= 11 is 6.05. The molecular weight excluding hydrogens is 363 g/mol. The third kappa shape index (κ3) is 4.67. The summed E-state index contributed by atoms with van der Waals surface area (Å²) in [5, 5.41) is 3.18. The van der Waals surface area contributed by atoms with Crippen molar-refractivity contribution in [3.05, 3.63) is 52.7 Å². The molecule has 0 aliphatic rings. The van der Waals surface area contributed by atoms with Crippen LogP contribution in [0.15, 0.2) is 36.5 Å². The maximum Gasteiger partial charge on any atom is 0.365 e. The minimum Gasteiger partial charge on any atom is -0.306 e. The first-order valence-corrected chi connectivity index (χ1v) is 9.75. The minimum absolute atomic E-state index is 0.126. The van der Waals surface area contributed by atoms with Crippen LogP contribution in [0.4, 0.5) is 5.82 Å². The number of benzene rings is 1. The van der Waals surface area contributed by atoms with E-state index in [1.807, 2.05) is 0 Å². The molecule has 2 aromatic rings. The number of hydrogen-bond acceptors (Lipinski definition) is 5. The Morgan fingerprint density at radius 3 is 2.48 bits per heavy atom. The molecule has 134 valence electrons. The lowest BCUT2D eigenvalue weighted by molar-refractivity contribution is 0.102. The van der Waals surface area contributed by atoms with Gasteiger partial charge in [0.2, 0.25) is 0 Å². The number of pyridine rings is 1. The molecule has 1 aromatic carbocycles. The molecule has 8 heteroatoms. The molecule has 0 spiro atoms. The van der Waals surface area contributed by atoms with Crippen LogP contribution in [-0.2, 0) is 13.6 Å². The van der Waals surface area contributed by atoms with Gasteiger partial charge in [-0.3, -0.25) is 9.36 Å². The van der Waals surface area contributed by atoms with Gasteiger partial charge in [0.1, 0.15) is 11.1 Å². The van der Waals surface area contributed by atoms with Crippen molar-refractivity contribution in [2.24, 2.45) is 0 Å². The number of carbonyl (C=O) groups is 1. The van der Waals surface area contributed by atoms with Gasteiger partial charge in [-0.05, 0) is 44.5 Å². The van der Waals surface area contributed by atoms with Crippen molar-refractivity contribution in [2.75, 3.05) is 18.5 Å². The predicted molar refractivity (Wildman–Crippen MR) is 98.9 cm³/mol. The van der Waals surface area contributed by atoms with Gasteiger partial charge in [-0.25, -0.2) is 4.98 Å². The largest absolute Gasteiger partial charge is 0.365 e. The zero-order valence-electron chi connectivity index (χ0n) is 14.3. The molecule has 0 aliphatic heterocycles. The summed E-state index contributed by atoms with van der Waals surface area (Å²) in [7, 11) is -3.61. The minimum atomic E-state index is -3.61. The highest BCUT2D eigenvalue weighted by Gasteiger charge is 2.31. The van der Waals surface area contributed by atoms with E-state index < -0.39 is 13.5 Å². The van der Waals surface area contributed by atoms with Gasteiger partial charge >= 0.3 is 7.60 Å². The Morgan fingerprint density at radius 1 is 1.24 bits per heavy atom. The van der Waals surface area contributed by atoms with Gasteiger partial charge in [-0.2, -0.15) is 0 Å². The SMILES string of the molecule is CCOP(=O)(OCC)c1cc(C)cnc1NC(=O)c1ccccc1Cl. The maximum absolute atomic E-state index is 13.1. The van der Waals surface area contributed by atoms with E-state index in [1.165, 1.54) is 0 Å². The molecule has 2 rings (SSSR count). The number of aromatic nitrogens is 1. The first-order chi connectivity index (χ1) is 11.9. The molecule has 0 saturated carbocycles. The molecule has 0 aliphatic carbocycles. The van der Waals surface area contributed by atoms with Crippen molar-refractivity contribution in [2.45, 2.75) is 20.8 Å². The predicted octanol–water partition coefficient (Wildman–Crippen LogP) is 4.19. The zero-order chi connectivity index (χ0) is 18.4. The molecule has 1 N–H and O–H groups in total. The highest BCUT2D eigenvalue weighted by Crippen LogP contribution is 2.48. The summed E-state index contributed by atoms with van der Waals surface area (Å²) in [5.41, 5.74) is 1.06. The average Bonchev–Trinajstić information content (AvgIpc) is 2.57. The van der Waals surface area contributed by atoms with Gasteiger partial charge in [0.05, 0.1) is 23.8 Å². The second-order valence-electron chi connectivity index (χ2n) is 5.15. The number of anilines is 1. The molecule has 1 heterocycles. The molecule has 6 nitrogen and oxygen atoms in total. The maximum atomic E-state index is 13.1. The van der Waals surface area contributed by atoms with Crippen molar-refractivity contribution in [3.8, 4) is 0 Å². The topological polar surface area (TPSA) is 77.5 Å². The van der Waals surface area contributed by atoms with Crippen molar-refractivity contribution in [3.63, 3.8) is 0 Å². The van der Waals surface area contributed by atoms with Crippen molar-refractivity contribution in [1.29, 1.82) is 0 Å². The second-order valence-corrected chi connectivity index (χ2v) is 7.55. The van der Waals surface area contributed by atoms with E-state index in [4.69, 9.17) is 20.6 Å². The van der Waals surface area contributed by atoms with E-state index in [9.17, 15) is 9.36 Å². The summed E-state index contributed by atoms with van der Waals surface area (Å²) < 4.78 is 23.9. The zero-order valence-corrected chi connectivity index (χ0v) is 15.9. The highest BCUT2D eigenvalue weighted by atomic mass is 35.5. The number of nitrogens with zero attached hydrogens (tertiary/aromatic N) is 1. The molecule has 0 atom stereocenters. The fourth-order valence-corrected chi connectivity index (χ4v) is 4.18. The van der Waals surface area contributed by atoms with Crippen LogP contribution in [0.1, 0.15) is 29.8 Å².